The molecule has 0 aliphatic rings. The monoisotopic (exact) mass is 265 g/mol. The average Bonchev–Trinajstić information content (AvgIpc) is 2.78. The zero-order valence-electron chi connectivity index (χ0n) is 11.2. The van der Waals surface area contributed by atoms with Gasteiger partial charge in [0.25, 0.3) is 0 Å². The summed E-state index contributed by atoms with van der Waals surface area (Å²) in [6.07, 6.45) is 1.05. The van der Waals surface area contributed by atoms with Crippen molar-refractivity contribution in [3.8, 4) is 0 Å². The van der Waals surface area contributed by atoms with Gasteiger partial charge in [0.1, 0.15) is 5.82 Å². The van der Waals surface area contributed by atoms with Crippen molar-refractivity contribution in [2.45, 2.75) is 33.2 Å². The van der Waals surface area contributed by atoms with Crippen molar-refractivity contribution in [1.29, 1.82) is 0 Å². The summed E-state index contributed by atoms with van der Waals surface area (Å²) in [5.41, 5.74) is 2.00. The molecule has 98 valence electrons. The molecule has 0 amide bonds. The molecular weight excluding hydrogens is 246 g/mol. The minimum Gasteiger partial charge on any atom is -0.341 e. The number of rotatable bonds is 5. The van der Waals surface area contributed by atoms with Crippen molar-refractivity contribution >= 4 is 22.6 Å². The predicted octanol–water partition coefficient (Wildman–Crippen LogP) is 4.01. The van der Waals surface area contributed by atoms with Crippen LogP contribution in [-0.2, 0) is 0 Å². The molecule has 2 rings (SSSR count). The number of nitrogens with one attached hydrogen (secondary N) is 1. The van der Waals surface area contributed by atoms with Crippen LogP contribution >= 0.6 is 11.6 Å². The maximum Gasteiger partial charge on any atom is 0.124 e. The van der Waals surface area contributed by atoms with E-state index < -0.39 is 0 Å². The van der Waals surface area contributed by atoms with E-state index >= 15 is 0 Å². The molecule has 0 aliphatic carbocycles. The van der Waals surface area contributed by atoms with Crippen LogP contribution in [0.1, 0.15) is 39.1 Å². The molecule has 0 saturated carbocycles. The number of nitrogens with zero attached hydrogens (tertiary/aromatic N) is 2. The summed E-state index contributed by atoms with van der Waals surface area (Å²) in [7, 11) is 0. The van der Waals surface area contributed by atoms with E-state index in [0.717, 1.165) is 41.4 Å². The van der Waals surface area contributed by atoms with E-state index in [1.165, 1.54) is 0 Å². The fourth-order valence-electron chi connectivity index (χ4n) is 2.45. The molecule has 4 heteroatoms. The number of fused-ring (bicyclic) bond motifs is 1. The number of aromatic nitrogens is 2. The van der Waals surface area contributed by atoms with E-state index in [2.05, 4.69) is 35.6 Å². The fourth-order valence-corrected chi connectivity index (χ4v) is 2.62. The van der Waals surface area contributed by atoms with Crippen molar-refractivity contribution in [2.75, 3.05) is 13.1 Å². The highest BCUT2D eigenvalue weighted by Crippen LogP contribution is 2.25. The summed E-state index contributed by atoms with van der Waals surface area (Å²) < 4.78 is 0. The molecule has 1 aromatic heterocycles. The second kappa shape index (κ2) is 5.72. The van der Waals surface area contributed by atoms with Gasteiger partial charge < -0.3 is 4.98 Å². The number of benzene rings is 1. The third-order valence-corrected chi connectivity index (χ3v) is 3.65. The molecule has 1 atom stereocenters. The summed E-state index contributed by atoms with van der Waals surface area (Å²) in [6.45, 7) is 8.64. The van der Waals surface area contributed by atoms with Crippen LogP contribution < -0.4 is 0 Å². The second-order valence-corrected chi connectivity index (χ2v) is 4.87. The van der Waals surface area contributed by atoms with Crippen LogP contribution in [0.2, 0.25) is 5.02 Å². The lowest BCUT2D eigenvalue weighted by Crippen LogP contribution is -2.28. The molecular formula is C14H20ClN3. The molecule has 1 aromatic carbocycles. The topological polar surface area (TPSA) is 31.9 Å². The van der Waals surface area contributed by atoms with Crippen molar-refractivity contribution in [3.05, 3.63) is 29.0 Å². The van der Waals surface area contributed by atoms with Crippen LogP contribution in [0.15, 0.2) is 18.2 Å². The number of halogens is 1. The first-order valence-electron chi connectivity index (χ1n) is 6.58. The van der Waals surface area contributed by atoms with Crippen LogP contribution in [0, 0.1) is 0 Å². The van der Waals surface area contributed by atoms with Crippen LogP contribution in [0.5, 0.6) is 0 Å². The van der Waals surface area contributed by atoms with Crippen LogP contribution in [0.25, 0.3) is 11.0 Å². The molecule has 1 heterocycles. The van der Waals surface area contributed by atoms with Crippen molar-refractivity contribution in [1.82, 2.24) is 14.9 Å². The van der Waals surface area contributed by atoms with Crippen LogP contribution in [0.4, 0.5) is 0 Å². The van der Waals surface area contributed by atoms with E-state index in [0.29, 0.717) is 6.04 Å². The Kier molecular flexibility index (Phi) is 4.25. The van der Waals surface area contributed by atoms with Crippen LogP contribution in [-0.4, -0.2) is 28.0 Å². The first-order chi connectivity index (χ1) is 8.69. The average molecular weight is 266 g/mol. The van der Waals surface area contributed by atoms with Gasteiger partial charge in [0.2, 0.25) is 0 Å². The number of aromatic amines is 1. The summed E-state index contributed by atoms with van der Waals surface area (Å²) in [6, 6.07) is 6.13. The standard InChI is InChI=1S/C14H20ClN3/c1-4-13(18(5-2)6-3)14-16-11-8-7-10(15)9-12(11)17-14/h7-9,13H,4-6H2,1-3H3,(H,16,17). The van der Waals surface area contributed by atoms with E-state index in [9.17, 15) is 0 Å². The number of H-pyrrole nitrogens is 1. The predicted molar refractivity (Wildman–Crippen MR) is 77.1 cm³/mol. The molecule has 2 aromatic rings. The largest absolute Gasteiger partial charge is 0.341 e. The molecule has 0 saturated heterocycles. The van der Waals surface area contributed by atoms with Gasteiger partial charge in [-0.2, -0.15) is 0 Å². The zero-order valence-corrected chi connectivity index (χ0v) is 12.0. The van der Waals surface area contributed by atoms with E-state index in [4.69, 9.17) is 11.6 Å². The summed E-state index contributed by atoms with van der Waals surface area (Å²) in [4.78, 5) is 10.5. The first kappa shape index (κ1) is 13.4. The van der Waals surface area contributed by atoms with Crippen molar-refractivity contribution in [3.63, 3.8) is 0 Å². The number of hydrogen-bond donors (Lipinski definition) is 1. The normalized spacial score (nSPS) is 13.4. The maximum atomic E-state index is 6.00. The van der Waals surface area contributed by atoms with Crippen molar-refractivity contribution in [2.24, 2.45) is 0 Å². The fraction of sp³-hybridized carbons (Fsp3) is 0.500. The van der Waals surface area contributed by atoms with E-state index in [1.807, 2.05) is 18.2 Å². The molecule has 1 N–H and O–H groups in total. The van der Waals surface area contributed by atoms with E-state index in [-0.39, 0.29) is 0 Å². The molecule has 0 spiro atoms. The minimum absolute atomic E-state index is 0.353. The Bertz CT molecular complexity index is 517. The Morgan fingerprint density at radius 1 is 1.28 bits per heavy atom. The number of hydrogen-bond acceptors (Lipinski definition) is 2. The van der Waals surface area contributed by atoms with Crippen molar-refractivity contribution < 1.29 is 0 Å². The Balaban J connectivity index is 2.39. The highest BCUT2D eigenvalue weighted by Gasteiger charge is 2.19. The van der Waals surface area contributed by atoms with E-state index in [1.54, 1.807) is 0 Å². The molecule has 1 unspecified atom stereocenters. The SMILES string of the molecule is CCC(c1nc2ccc(Cl)cc2[nH]1)N(CC)CC. The lowest BCUT2D eigenvalue weighted by molar-refractivity contribution is 0.206. The maximum absolute atomic E-state index is 6.00. The second-order valence-electron chi connectivity index (χ2n) is 4.43. The minimum atomic E-state index is 0.353. The first-order valence-corrected chi connectivity index (χ1v) is 6.96. The smallest absolute Gasteiger partial charge is 0.124 e. The third-order valence-electron chi connectivity index (χ3n) is 3.42. The van der Waals surface area contributed by atoms with Gasteiger partial charge in [-0.15, -0.1) is 0 Å². The summed E-state index contributed by atoms with van der Waals surface area (Å²) >= 11 is 6.00. The van der Waals surface area contributed by atoms with Gasteiger partial charge >= 0.3 is 0 Å². The highest BCUT2D eigenvalue weighted by atomic mass is 35.5. The molecule has 0 bridgehead atoms. The Hall–Kier alpha value is -1.06. The van der Waals surface area contributed by atoms with Gasteiger partial charge in [0.05, 0.1) is 17.1 Å². The number of imidazole rings is 1. The van der Waals surface area contributed by atoms with Gasteiger partial charge in [-0.3, -0.25) is 4.90 Å². The third kappa shape index (κ3) is 2.52. The summed E-state index contributed by atoms with van der Waals surface area (Å²) in [5.74, 6) is 1.04. The Labute approximate surface area is 113 Å². The lowest BCUT2D eigenvalue weighted by Gasteiger charge is -2.26. The van der Waals surface area contributed by atoms with Gasteiger partial charge in [0, 0.05) is 5.02 Å². The quantitative estimate of drug-likeness (QED) is 0.886. The Morgan fingerprint density at radius 2 is 2.00 bits per heavy atom. The van der Waals surface area contributed by atoms with Gasteiger partial charge in [0.15, 0.2) is 0 Å². The molecule has 0 aliphatic heterocycles. The lowest BCUT2D eigenvalue weighted by atomic mass is 10.2. The molecule has 0 fully saturated rings. The van der Waals surface area contributed by atoms with Gasteiger partial charge in [-0.1, -0.05) is 32.4 Å². The zero-order chi connectivity index (χ0) is 13.1. The Morgan fingerprint density at radius 3 is 2.61 bits per heavy atom. The van der Waals surface area contributed by atoms with Crippen LogP contribution in [0.3, 0.4) is 0 Å². The summed E-state index contributed by atoms with van der Waals surface area (Å²) in [5, 5.41) is 0.744. The molecule has 18 heavy (non-hydrogen) atoms. The molecule has 3 nitrogen and oxygen atoms in total. The van der Waals surface area contributed by atoms with Gasteiger partial charge in [-0.05, 0) is 37.7 Å². The highest BCUT2D eigenvalue weighted by molar-refractivity contribution is 6.31. The van der Waals surface area contributed by atoms with Gasteiger partial charge in [-0.25, -0.2) is 4.98 Å². The molecule has 0 radical (unpaired) electrons.